The van der Waals surface area contributed by atoms with E-state index in [0.29, 0.717) is 22.5 Å². The Morgan fingerprint density at radius 3 is 2.52 bits per heavy atom. The maximum Gasteiger partial charge on any atom is 0.233 e. The highest BCUT2D eigenvalue weighted by Crippen LogP contribution is 2.29. The van der Waals surface area contributed by atoms with E-state index in [2.05, 4.69) is 10.2 Å². The highest BCUT2D eigenvalue weighted by Gasteiger charge is 2.21. The topological polar surface area (TPSA) is 73.4 Å². The number of carbonyl (C=O) groups is 1. The number of nitrogens with zero attached hydrogens (tertiary/aromatic N) is 4. The summed E-state index contributed by atoms with van der Waals surface area (Å²) in [6.07, 6.45) is 6.19. The Morgan fingerprint density at radius 1 is 1.10 bits per heavy atom. The molecule has 2 aromatic heterocycles. The van der Waals surface area contributed by atoms with E-state index >= 15 is 0 Å². The molecule has 0 radical (unpaired) electrons. The Balaban J connectivity index is 1.58. The van der Waals surface area contributed by atoms with Crippen molar-refractivity contribution >= 4 is 17.7 Å². The van der Waals surface area contributed by atoms with Gasteiger partial charge in [0.2, 0.25) is 11.7 Å². The number of benzene rings is 1. The molecule has 1 fully saturated rings. The Bertz CT molecular complexity index is 930. The molecular weight excluding hydrogens is 388 g/mol. The highest BCUT2D eigenvalue weighted by atomic mass is 32.2. The zero-order valence-electron chi connectivity index (χ0n) is 16.4. The molecule has 4 rings (SSSR count). The van der Waals surface area contributed by atoms with Crippen LogP contribution >= 0.6 is 11.8 Å². The molecule has 0 N–H and O–H groups in total. The van der Waals surface area contributed by atoms with Gasteiger partial charge >= 0.3 is 0 Å². The molecule has 152 valence electrons. The van der Waals surface area contributed by atoms with Gasteiger partial charge in [0.25, 0.3) is 0 Å². The quantitative estimate of drug-likeness (QED) is 0.569. The van der Waals surface area contributed by atoms with E-state index in [0.717, 1.165) is 37.4 Å². The smallest absolute Gasteiger partial charge is 0.233 e. The summed E-state index contributed by atoms with van der Waals surface area (Å²) in [7, 11) is 1.64. The van der Waals surface area contributed by atoms with Gasteiger partial charge in [0, 0.05) is 13.1 Å². The number of aromatic nitrogens is 3. The first-order valence-corrected chi connectivity index (χ1v) is 10.8. The Morgan fingerprint density at radius 2 is 1.86 bits per heavy atom. The van der Waals surface area contributed by atoms with Crippen LogP contribution in [0.3, 0.4) is 0 Å². The molecule has 0 bridgehead atoms. The summed E-state index contributed by atoms with van der Waals surface area (Å²) < 4.78 is 12.7. The molecule has 1 amide bonds. The molecule has 0 aliphatic carbocycles. The summed E-state index contributed by atoms with van der Waals surface area (Å²) in [4.78, 5) is 14.7. The molecule has 1 aliphatic heterocycles. The fourth-order valence-electron chi connectivity index (χ4n) is 3.43. The summed E-state index contributed by atoms with van der Waals surface area (Å²) in [5, 5.41) is 9.32. The lowest BCUT2D eigenvalue weighted by atomic mass is 10.2. The van der Waals surface area contributed by atoms with Crippen LogP contribution in [0.2, 0.25) is 0 Å². The standard InChI is InChI=1S/C21H24N4O3S/c1-27-17-10-8-16(9-11-17)25-20(18-7-6-14-28-18)22-23-21(25)29-15-19(26)24-12-4-2-3-5-13-24/h6-11,14H,2-5,12-13,15H2,1H3. The summed E-state index contributed by atoms with van der Waals surface area (Å²) >= 11 is 1.40. The van der Waals surface area contributed by atoms with Crippen LogP contribution in [0.1, 0.15) is 25.7 Å². The third-order valence-electron chi connectivity index (χ3n) is 4.99. The van der Waals surface area contributed by atoms with Gasteiger partial charge in [0.05, 0.1) is 24.8 Å². The van der Waals surface area contributed by atoms with Crippen LogP contribution in [0.4, 0.5) is 0 Å². The van der Waals surface area contributed by atoms with Crippen molar-refractivity contribution in [2.75, 3.05) is 26.0 Å². The molecule has 0 atom stereocenters. The van der Waals surface area contributed by atoms with Gasteiger partial charge < -0.3 is 14.1 Å². The van der Waals surface area contributed by atoms with E-state index in [4.69, 9.17) is 9.15 Å². The molecule has 1 saturated heterocycles. The van der Waals surface area contributed by atoms with Crippen molar-refractivity contribution in [3.8, 4) is 23.0 Å². The largest absolute Gasteiger partial charge is 0.497 e. The minimum Gasteiger partial charge on any atom is -0.497 e. The second kappa shape index (κ2) is 9.17. The van der Waals surface area contributed by atoms with Crippen LogP contribution < -0.4 is 4.74 Å². The fraction of sp³-hybridized carbons (Fsp3) is 0.381. The molecule has 0 saturated carbocycles. The van der Waals surface area contributed by atoms with Crippen LogP contribution in [-0.4, -0.2) is 51.5 Å². The van der Waals surface area contributed by atoms with E-state index in [1.54, 1.807) is 13.4 Å². The van der Waals surface area contributed by atoms with Crippen molar-refractivity contribution in [1.82, 2.24) is 19.7 Å². The highest BCUT2D eigenvalue weighted by molar-refractivity contribution is 7.99. The Hall–Kier alpha value is -2.74. The first-order valence-electron chi connectivity index (χ1n) is 9.80. The number of furan rings is 1. The molecule has 8 heteroatoms. The fourth-order valence-corrected chi connectivity index (χ4v) is 4.29. The van der Waals surface area contributed by atoms with Crippen molar-refractivity contribution in [1.29, 1.82) is 0 Å². The number of carbonyl (C=O) groups excluding carboxylic acids is 1. The van der Waals surface area contributed by atoms with Crippen molar-refractivity contribution in [2.45, 2.75) is 30.8 Å². The van der Waals surface area contributed by atoms with Crippen molar-refractivity contribution < 1.29 is 13.9 Å². The number of hydrogen-bond acceptors (Lipinski definition) is 6. The van der Waals surface area contributed by atoms with Crippen LogP contribution in [0.15, 0.2) is 52.2 Å². The van der Waals surface area contributed by atoms with E-state index in [1.807, 2.05) is 45.9 Å². The average molecular weight is 413 g/mol. The maximum atomic E-state index is 12.7. The summed E-state index contributed by atoms with van der Waals surface area (Å²) in [6.45, 7) is 1.70. The average Bonchev–Trinajstić information content (AvgIpc) is 3.35. The van der Waals surface area contributed by atoms with Gasteiger partial charge in [-0.2, -0.15) is 0 Å². The maximum absolute atomic E-state index is 12.7. The SMILES string of the molecule is COc1ccc(-n2c(SCC(=O)N3CCCCCC3)nnc2-c2ccco2)cc1. The van der Waals surface area contributed by atoms with Crippen LogP contribution in [0.25, 0.3) is 17.3 Å². The third-order valence-corrected chi connectivity index (χ3v) is 5.90. The molecule has 7 nitrogen and oxygen atoms in total. The van der Waals surface area contributed by atoms with E-state index in [9.17, 15) is 4.79 Å². The summed E-state index contributed by atoms with van der Waals surface area (Å²) in [6, 6.07) is 11.3. The molecule has 3 heterocycles. The van der Waals surface area contributed by atoms with Gasteiger partial charge in [-0.25, -0.2) is 0 Å². The van der Waals surface area contributed by atoms with Gasteiger partial charge in [-0.15, -0.1) is 10.2 Å². The lowest BCUT2D eigenvalue weighted by Gasteiger charge is -2.19. The molecule has 1 aromatic carbocycles. The second-order valence-electron chi connectivity index (χ2n) is 6.90. The molecule has 0 spiro atoms. The number of methoxy groups -OCH3 is 1. The van der Waals surface area contributed by atoms with Gasteiger partial charge in [-0.1, -0.05) is 24.6 Å². The lowest BCUT2D eigenvalue weighted by Crippen LogP contribution is -2.33. The van der Waals surface area contributed by atoms with E-state index in [-0.39, 0.29) is 5.91 Å². The molecule has 1 aliphatic rings. The van der Waals surface area contributed by atoms with Crippen molar-refractivity contribution in [2.24, 2.45) is 0 Å². The Labute approximate surface area is 174 Å². The van der Waals surface area contributed by atoms with Crippen LogP contribution in [0, 0.1) is 0 Å². The zero-order chi connectivity index (χ0) is 20.1. The van der Waals surface area contributed by atoms with Crippen molar-refractivity contribution in [3.63, 3.8) is 0 Å². The van der Waals surface area contributed by atoms with Crippen molar-refractivity contribution in [3.05, 3.63) is 42.7 Å². The van der Waals surface area contributed by atoms with E-state index < -0.39 is 0 Å². The first kappa shape index (κ1) is 19.6. The van der Waals surface area contributed by atoms with E-state index in [1.165, 1.54) is 24.6 Å². The minimum absolute atomic E-state index is 0.153. The number of rotatable bonds is 6. The third kappa shape index (κ3) is 4.48. The second-order valence-corrected chi connectivity index (χ2v) is 7.84. The van der Waals surface area contributed by atoms with Gasteiger partial charge in [0.15, 0.2) is 10.9 Å². The van der Waals surface area contributed by atoms with Crippen LogP contribution in [0.5, 0.6) is 5.75 Å². The lowest BCUT2D eigenvalue weighted by molar-refractivity contribution is -0.128. The number of amides is 1. The number of thioether (sulfide) groups is 1. The normalized spacial score (nSPS) is 14.6. The minimum atomic E-state index is 0.153. The number of likely N-dealkylation sites (tertiary alicyclic amines) is 1. The summed E-state index contributed by atoms with van der Waals surface area (Å²) in [5.41, 5.74) is 0.881. The number of ether oxygens (including phenoxy) is 1. The summed E-state index contributed by atoms with van der Waals surface area (Å²) in [5.74, 6) is 2.49. The predicted molar refractivity (Wildman–Crippen MR) is 111 cm³/mol. The molecule has 29 heavy (non-hydrogen) atoms. The van der Waals surface area contributed by atoms with Gasteiger partial charge in [-0.3, -0.25) is 9.36 Å². The molecule has 3 aromatic rings. The first-order chi connectivity index (χ1) is 14.3. The van der Waals surface area contributed by atoms with Gasteiger partial charge in [0.1, 0.15) is 5.75 Å². The zero-order valence-corrected chi connectivity index (χ0v) is 17.2. The Kier molecular flexibility index (Phi) is 6.19. The monoisotopic (exact) mass is 412 g/mol. The van der Waals surface area contributed by atoms with Gasteiger partial charge in [-0.05, 0) is 49.2 Å². The predicted octanol–water partition coefficient (Wildman–Crippen LogP) is 4.03. The molecule has 0 unspecified atom stereocenters. The molecular formula is C21H24N4O3S. The number of hydrogen-bond donors (Lipinski definition) is 0. The van der Waals surface area contributed by atoms with Crippen LogP contribution in [-0.2, 0) is 4.79 Å².